The number of aromatic nitrogens is 2. The van der Waals surface area contributed by atoms with Crippen molar-refractivity contribution in [3.05, 3.63) is 48.0 Å². The van der Waals surface area contributed by atoms with Gasteiger partial charge in [0.05, 0.1) is 24.5 Å². The Morgan fingerprint density at radius 2 is 1.93 bits per heavy atom. The third-order valence-corrected chi connectivity index (χ3v) is 3.58. The van der Waals surface area contributed by atoms with Crippen LogP contribution in [0.4, 0.5) is 4.39 Å². The number of halogens is 2. The van der Waals surface area contributed by atoms with Crippen LogP contribution in [0.15, 0.2) is 41.5 Å². The molecule has 0 unspecified atom stereocenters. The van der Waals surface area contributed by atoms with Gasteiger partial charge >= 0.3 is 0 Å². The van der Waals surface area contributed by atoms with Crippen molar-refractivity contribution in [1.29, 1.82) is 0 Å². The van der Waals surface area contributed by atoms with Gasteiger partial charge in [-0.25, -0.2) is 14.1 Å². The zero-order chi connectivity index (χ0) is 18.9. The molecule has 148 valence electrons. The second kappa shape index (κ2) is 11.5. The zero-order valence-corrected chi connectivity index (χ0v) is 18.1. The maximum absolute atomic E-state index is 13.0. The van der Waals surface area contributed by atoms with Gasteiger partial charge in [0.15, 0.2) is 5.96 Å². The summed E-state index contributed by atoms with van der Waals surface area (Å²) in [6.45, 7) is 3.35. The standard InChI is InChI=1S/C18H25FN6O.HI/c1-4-10-20-18(22-13-17(26)24(2)3)21-12-15-9-11-25(23-15)16-7-5-14(19)6-8-16;/h5-9,11H,4,10,12-13H2,1-3H3,(H2,20,21,22);1H. The smallest absolute Gasteiger partial charge is 0.241 e. The Labute approximate surface area is 176 Å². The van der Waals surface area contributed by atoms with Crippen LogP contribution in [0.25, 0.3) is 5.69 Å². The van der Waals surface area contributed by atoms with E-state index in [1.165, 1.54) is 17.0 Å². The molecule has 7 nitrogen and oxygen atoms in total. The molecule has 0 aliphatic rings. The normalized spacial score (nSPS) is 10.9. The van der Waals surface area contributed by atoms with Gasteiger partial charge in [-0.3, -0.25) is 4.79 Å². The predicted molar refractivity (Wildman–Crippen MR) is 115 cm³/mol. The lowest BCUT2D eigenvalue weighted by Gasteiger charge is -2.14. The third kappa shape index (κ3) is 7.53. The third-order valence-electron chi connectivity index (χ3n) is 3.58. The molecule has 1 aromatic heterocycles. The molecule has 0 radical (unpaired) electrons. The monoisotopic (exact) mass is 488 g/mol. The molecule has 0 spiro atoms. The number of nitrogens with one attached hydrogen (secondary N) is 2. The lowest BCUT2D eigenvalue weighted by molar-refractivity contribution is -0.127. The Balaban J connectivity index is 0.00000364. The number of carbonyl (C=O) groups excluding carboxylic acids is 1. The molecule has 0 fully saturated rings. The highest BCUT2D eigenvalue weighted by atomic mass is 127. The number of nitrogens with zero attached hydrogens (tertiary/aromatic N) is 4. The van der Waals surface area contributed by atoms with Gasteiger partial charge in [0.2, 0.25) is 5.91 Å². The van der Waals surface area contributed by atoms with E-state index in [0.717, 1.165) is 24.3 Å². The zero-order valence-electron chi connectivity index (χ0n) is 15.8. The fourth-order valence-electron chi connectivity index (χ4n) is 2.08. The summed E-state index contributed by atoms with van der Waals surface area (Å²) in [5, 5.41) is 10.6. The molecule has 0 saturated carbocycles. The Morgan fingerprint density at radius 1 is 1.22 bits per heavy atom. The van der Waals surface area contributed by atoms with E-state index in [0.29, 0.717) is 12.5 Å². The first-order chi connectivity index (χ1) is 12.5. The molecule has 0 bridgehead atoms. The molecule has 27 heavy (non-hydrogen) atoms. The van der Waals surface area contributed by atoms with Gasteiger partial charge in [0, 0.05) is 26.8 Å². The van der Waals surface area contributed by atoms with E-state index in [1.807, 2.05) is 6.07 Å². The van der Waals surface area contributed by atoms with E-state index in [2.05, 4.69) is 27.6 Å². The molecule has 0 aliphatic carbocycles. The van der Waals surface area contributed by atoms with E-state index < -0.39 is 0 Å². The Morgan fingerprint density at radius 3 is 2.56 bits per heavy atom. The minimum absolute atomic E-state index is 0. The number of aliphatic imine (C=N–C) groups is 1. The quantitative estimate of drug-likeness (QED) is 0.356. The number of amides is 1. The second-order valence-electron chi connectivity index (χ2n) is 5.96. The van der Waals surface area contributed by atoms with E-state index in [1.54, 1.807) is 37.1 Å². The molecule has 0 aliphatic heterocycles. The Hall–Kier alpha value is -2.17. The number of guanidine groups is 1. The fourth-order valence-corrected chi connectivity index (χ4v) is 2.08. The van der Waals surface area contributed by atoms with E-state index in [-0.39, 0.29) is 42.2 Å². The Bertz CT molecular complexity index is 745. The van der Waals surface area contributed by atoms with Crippen LogP contribution in [0.3, 0.4) is 0 Å². The summed E-state index contributed by atoms with van der Waals surface area (Å²) in [6.07, 6.45) is 2.75. The molecule has 9 heteroatoms. The first-order valence-corrected chi connectivity index (χ1v) is 8.52. The van der Waals surface area contributed by atoms with Crippen molar-refractivity contribution < 1.29 is 9.18 Å². The van der Waals surface area contributed by atoms with Crippen LogP contribution in [0, 0.1) is 5.82 Å². The maximum Gasteiger partial charge on any atom is 0.241 e. The van der Waals surface area contributed by atoms with Crippen molar-refractivity contribution in [3.63, 3.8) is 0 Å². The SMILES string of the molecule is CCCNC(=NCc1ccn(-c2ccc(F)cc2)n1)NCC(=O)N(C)C.I. The number of hydrogen-bond acceptors (Lipinski definition) is 3. The number of rotatable bonds is 7. The minimum Gasteiger partial charge on any atom is -0.356 e. The van der Waals surface area contributed by atoms with Crippen LogP contribution in [0.5, 0.6) is 0 Å². The molecule has 2 N–H and O–H groups in total. The van der Waals surface area contributed by atoms with Crippen molar-refractivity contribution >= 4 is 35.8 Å². The van der Waals surface area contributed by atoms with Crippen LogP contribution in [-0.4, -0.2) is 53.7 Å². The summed E-state index contributed by atoms with van der Waals surface area (Å²) in [5.74, 6) is 0.255. The first kappa shape index (κ1) is 22.9. The molecule has 1 aromatic carbocycles. The summed E-state index contributed by atoms with van der Waals surface area (Å²) in [6, 6.07) is 7.98. The second-order valence-corrected chi connectivity index (χ2v) is 5.96. The lowest BCUT2D eigenvalue weighted by atomic mass is 10.3. The maximum atomic E-state index is 13.0. The predicted octanol–water partition coefficient (Wildman–Crippen LogP) is 2.16. The molecule has 0 atom stereocenters. The number of carbonyl (C=O) groups is 1. The van der Waals surface area contributed by atoms with Gasteiger partial charge in [0.25, 0.3) is 0 Å². The summed E-state index contributed by atoms with van der Waals surface area (Å²) in [5.41, 5.74) is 1.55. The van der Waals surface area contributed by atoms with Crippen LogP contribution in [0.2, 0.25) is 0 Å². The number of benzene rings is 1. The molecule has 2 rings (SSSR count). The lowest BCUT2D eigenvalue weighted by Crippen LogP contribution is -2.43. The highest BCUT2D eigenvalue weighted by Gasteiger charge is 2.06. The minimum atomic E-state index is -0.282. The van der Waals surface area contributed by atoms with Gasteiger partial charge in [-0.05, 0) is 36.8 Å². The average Bonchev–Trinajstić information content (AvgIpc) is 3.10. The largest absolute Gasteiger partial charge is 0.356 e. The van der Waals surface area contributed by atoms with Crippen molar-refractivity contribution in [3.8, 4) is 5.69 Å². The Kier molecular flexibility index (Phi) is 9.76. The van der Waals surface area contributed by atoms with Crippen molar-refractivity contribution in [1.82, 2.24) is 25.3 Å². The molecular formula is C18H26FIN6O. The molecular weight excluding hydrogens is 462 g/mol. The van der Waals surface area contributed by atoms with Crippen LogP contribution in [-0.2, 0) is 11.3 Å². The van der Waals surface area contributed by atoms with Gasteiger partial charge in [-0.1, -0.05) is 6.92 Å². The average molecular weight is 488 g/mol. The highest BCUT2D eigenvalue weighted by molar-refractivity contribution is 14.0. The summed E-state index contributed by atoms with van der Waals surface area (Å²) < 4.78 is 14.7. The van der Waals surface area contributed by atoms with Crippen LogP contribution < -0.4 is 10.6 Å². The number of hydrogen-bond donors (Lipinski definition) is 2. The molecule has 1 amide bonds. The van der Waals surface area contributed by atoms with Gasteiger partial charge in [-0.15, -0.1) is 24.0 Å². The summed E-state index contributed by atoms with van der Waals surface area (Å²) >= 11 is 0. The summed E-state index contributed by atoms with van der Waals surface area (Å²) in [4.78, 5) is 17.7. The van der Waals surface area contributed by atoms with E-state index in [4.69, 9.17) is 0 Å². The molecule has 0 saturated heterocycles. The molecule has 2 aromatic rings. The van der Waals surface area contributed by atoms with Crippen molar-refractivity contribution in [2.24, 2.45) is 4.99 Å². The van der Waals surface area contributed by atoms with Gasteiger partial charge in [-0.2, -0.15) is 5.10 Å². The first-order valence-electron chi connectivity index (χ1n) is 8.52. The highest BCUT2D eigenvalue weighted by Crippen LogP contribution is 2.09. The van der Waals surface area contributed by atoms with E-state index in [9.17, 15) is 9.18 Å². The van der Waals surface area contributed by atoms with Crippen molar-refractivity contribution in [2.45, 2.75) is 19.9 Å². The van der Waals surface area contributed by atoms with Crippen molar-refractivity contribution in [2.75, 3.05) is 27.2 Å². The van der Waals surface area contributed by atoms with Gasteiger partial charge < -0.3 is 15.5 Å². The van der Waals surface area contributed by atoms with Gasteiger partial charge in [0.1, 0.15) is 5.82 Å². The van der Waals surface area contributed by atoms with Crippen LogP contribution in [0.1, 0.15) is 19.0 Å². The number of likely N-dealkylation sites (N-methyl/N-ethyl adjacent to an activating group) is 1. The molecule has 1 heterocycles. The fraction of sp³-hybridized carbons (Fsp3) is 0.389. The van der Waals surface area contributed by atoms with Crippen LogP contribution >= 0.6 is 24.0 Å². The topological polar surface area (TPSA) is 74.5 Å². The van der Waals surface area contributed by atoms with E-state index >= 15 is 0 Å². The summed E-state index contributed by atoms with van der Waals surface area (Å²) in [7, 11) is 3.42.